The number of hydrogen-bond acceptors (Lipinski definition) is 5. The van der Waals surface area contributed by atoms with Gasteiger partial charge >= 0.3 is 6.03 Å². The van der Waals surface area contributed by atoms with Gasteiger partial charge in [0.2, 0.25) is 5.91 Å². The predicted octanol–water partition coefficient (Wildman–Crippen LogP) is 2.54. The van der Waals surface area contributed by atoms with Gasteiger partial charge in [-0.1, -0.05) is 13.0 Å². The Balaban J connectivity index is 1.53. The van der Waals surface area contributed by atoms with Crippen molar-refractivity contribution < 1.29 is 18.0 Å². The molecule has 0 N–H and O–H groups in total. The van der Waals surface area contributed by atoms with Gasteiger partial charge < -0.3 is 4.90 Å². The van der Waals surface area contributed by atoms with Crippen molar-refractivity contribution in [2.24, 2.45) is 11.3 Å². The molecule has 1 aromatic heterocycles. The first kappa shape index (κ1) is 20.3. The molecule has 1 saturated heterocycles. The number of carbonyl (C=O) groups excluding carboxylic acids is 2. The quantitative estimate of drug-likeness (QED) is 0.732. The van der Waals surface area contributed by atoms with Crippen molar-refractivity contribution in [2.45, 2.75) is 63.8 Å². The zero-order valence-corrected chi connectivity index (χ0v) is 18.1. The van der Waals surface area contributed by atoms with Crippen molar-refractivity contribution in [3.8, 4) is 0 Å². The normalized spacial score (nSPS) is 29.0. The predicted molar refractivity (Wildman–Crippen MR) is 109 cm³/mol. The second-order valence-electron chi connectivity index (χ2n) is 9.35. The fourth-order valence-electron chi connectivity index (χ4n) is 4.68. The number of rotatable bonds is 5. The third-order valence-electron chi connectivity index (χ3n) is 6.85. The van der Waals surface area contributed by atoms with E-state index in [-0.39, 0.29) is 35.7 Å². The monoisotopic (exact) mass is 419 g/mol. The van der Waals surface area contributed by atoms with Gasteiger partial charge in [0.15, 0.2) is 9.84 Å². The summed E-state index contributed by atoms with van der Waals surface area (Å²) >= 11 is 0. The molecule has 2 saturated carbocycles. The van der Waals surface area contributed by atoms with Crippen LogP contribution in [-0.4, -0.2) is 59.2 Å². The molecular formula is C21H29N3O4S. The highest BCUT2D eigenvalue weighted by Gasteiger charge is 2.51. The molecule has 158 valence electrons. The number of aryl methyl sites for hydroxylation is 1. The molecule has 3 amide bonds. The molecule has 29 heavy (non-hydrogen) atoms. The minimum Gasteiger partial charge on any atom is -0.324 e. The van der Waals surface area contributed by atoms with Crippen LogP contribution in [-0.2, 0) is 21.2 Å². The van der Waals surface area contributed by atoms with Crippen LogP contribution in [0.25, 0.3) is 0 Å². The van der Waals surface area contributed by atoms with Gasteiger partial charge in [-0.15, -0.1) is 0 Å². The van der Waals surface area contributed by atoms with Crippen molar-refractivity contribution in [2.75, 3.05) is 12.8 Å². The van der Waals surface area contributed by atoms with E-state index >= 15 is 0 Å². The standard InChI is InChI=1S/C21H29N3O4S/c1-14-4-5-15(11-22-14)12-24-19(25)17-10-16(6-7-18(17)23(3)20(24)26)29(27,28)13-21(2)8-9-21/h4-5,11,16-18H,6-10,12-13H2,1-3H3. The SMILES string of the molecule is Cc1ccc(CN2C(=O)C3CC(S(=O)(=O)CC4(C)CC4)CCC3N(C)C2=O)cn1. The van der Waals surface area contributed by atoms with Gasteiger partial charge in [-0.05, 0) is 56.1 Å². The van der Waals surface area contributed by atoms with Crippen LogP contribution in [0.2, 0.25) is 0 Å². The summed E-state index contributed by atoms with van der Waals surface area (Å²) in [5.74, 6) is -0.503. The Morgan fingerprint density at radius 1 is 1.21 bits per heavy atom. The minimum atomic E-state index is -3.25. The van der Waals surface area contributed by atoms with E-state index in [1.165, 1.54) is 4.90 Å². The van der Waals surface area contributed by atoms with Crippen LogP contribution in [0.15, 0.2) is 18.3 Å². The maximum absolute atomic E-state index is 13.2. The highest BCUT2D eigenvalue weighted by atomic mass is 32.2. The van der Waals surface area contributed by atoms with Crippen LogP contribution in [0.4, 0.5) is 4.79 Å². The number of pyridine rings is 1. The number of aromatic nitrogens is 1. The lowest BCUT2D eigenvalue weighted by atomic mass is 9.81. The van der Waals surface area contributed by atoms with E-state index in [9.17, 15) is 18.0 Å². The molecule has 1 aliphatic heterocycles. The second kappa shape index (κ2) is 7.07. The van der Waals surface area contributed by atoms with Crippen LogP contribution < -0.4 is 0 Å². The molecule has 2 aliphatic carbocycles. The average Bonchev–Trinajstić information content (AvgIpc) is 3.40. The molecule has 8 heteroatoms. The Morgan fingerprint density at radius 3 is 2.55 bits per heavy atom. The molecule has 0 radical (unpaired) electrons. The van der Waals surface area contributed by atoms with E-state index in [1.54, 1.807) is 18.1 Å². The second-order valence-corrected chi connectivity index (χ2v) is 11.6. The number of fused-ring (bicyclic) bond motifs is 1. The van der Waals surface area contributed by atoms with Gasteiger partial charge in [0.05, 0.1) is 23.5 Å². The van der Waals surface area contributed by atoms with Crippen LogP contribution in [0, 0.1) is 18.3 Å². The molecule has 3 aliphatic rings. The molecule has 0 bridgehead atoms. The molecule has 1 aromatic rings. The molecule has 3 unspecified atom stereocenters. The molecule has 2 heterocycles. The van der Waals surface area contributed by atoms with Crippen LogP contribution in [0.5, 0.6) is 0 Å². The summed E-state index contributed by atoms with van der Waals surface area (Å²) in [6.07, 6.45) is 4.97. The Labute approximate surface area is 172 Å². The van der Waals surface area contributed by atoms with Crippen LogP contribution in [0.3, 0.4) is 0 Å². The maximum Gasteiger partial charge on any atom is 0.327 e. The number of sulfone groups is 1. The lowest BCUT2D eigenvalue weighted by molar-refractivity contribution is -0.140. The third kappa shape index (κ3) is 3.91. The Morgan fingerprint density at radius 2 is 1.93 bits per heavy atom. The summed E-state index contributed by atoms with van der Waals surface area (Å²) in [5.41, 5.74) is 1.57. The summed E-state index contributed by atoms with van der Waals surface area (Å²) in [5, 5.41) is -0.491. The lowest BCUT2D eigenvalue weighted by Crippen LogP contribution is -2.62. The number of nitrogens with zero attached hydrogens (tertiary/aromatic N) is 3. The van der Waals surface area contributed by atoms with Gasteiger partial charge in [-0.25, -0.2) is 13.2 Å². The molecule has 0 spiro atoms. The highest BCUT2D eigenvalue weighted by Crippen LogP contribution is 2.47. The fraction of sp³-hybridized carbons (Fsp3) is 0.667. The largest absolute Gasteiger partial charge is 0.327 e. The van der Waals surface area contributed by atoms with Gasteiger partial charge in [0.25, 0.3) is 0 Å². The van der Waals surface area contributed by atoms with E-state index in [1.807, 2.05) is 26.0 Å². The molecule has 0 aromatic carbocycles. The average molecular weight is 420 g/mol. The zero-order chi connectivity index (χ0) is 21.0. The summed E-state index contributed by atoms with van der Waals surface area (Å²) < 4.78 is 25.9. The van der Waals surface area contributed by atoms with Crippen molar-refractivity contribution in [3.05, 3.63) is 29.6 Å². The Kier molecular flexibility index (Phi) is 4.96. The summed E-state index contributed by atoms with van der Waals surface area (Å²) in [6, 6.07) is 3.18. The summed E-state index contributed by atoms with van der Waals surface area (Å²) in [4.78, 5) is 33.2. The fourth-order valence-corrected chi connectivity index (χ4v) is 7.17. The van der Waals surface area contributed by atoms with Gasteiger partial charge in [-0.3, -0.25) is 14.7 Å². The van der Waals surface area contributed by atoms with E-state index in [2.05, 4.69) is 4.98 Å². The molecule has 7 nitrogen and oxygen atoms in total. The smallest absolute Gasteiger partial charge is 0.324 e. The first-order chi connectivity index (χ1) is 13.6. The Bertz CT molecular complexity index is 924. The maximum atomic E-state index is 13.2. The number of carbonyl (C=O) groups is 2. The summed E-state index contributed by atoms with van der Waals surface area (Å²) in [6.45, 7) is 4.06. The molecule has 4 rings (SSSR count). The van der Waals surface area contributed by atoms with Gasteiger partial charge in [0.1, 0.15) is 0 Å². The first-order valence-corrected chi connectivity index (χ1v) is 12.0. The van der Waals surface area contributed by atoms with Crippen molar-refractivity contribution >= 4 is 21.8 Å². The Hall–Kier alpha value is -1.96. The van der Waals surface area contributed by atoms with Crippen molar-refractivity contribution in [1.29, 1.82) is 0 Å². The van der Waals surface area contributed by atoms with Crippen LogP contribution in [0.1, 0.15) is 50.3 Å². The van der Waals surface area contributed by atoms with E-state index < -0.39 is 21.0 Å². The molecule has 3 fully saturated rings. The molecule has 3 atom stereocenters. The van der Waals surface area contributed by atoms with E-state index in [0.717, 1.165) is 24.1 Å². The van der Waals surface area contributed by atoms with E-state index in [4.69, 9.17) is 0 Å². The van der Waals surface area contributed by atoms with Crippen molar-refractivity contribution in [3.63, 3.8) is 0 Å². The first-order valence-electron chi connectivity index (χ1n) is 10.3. The van der Waals surface area contributed by atoms with Crippen molar-refractivity contribution in [1.82, 2.24) is 14.8 Å². The number of urea groups is 1. The lowest BCUT2D eigenvalue weighted by Gasteiger charge is -2.46. The molecular weight excluding hydrogens is 390 g/mol. The third-order valence-corrected chi connectivity index (χ3v) is 9.40. The minimum absolute atomic E-state index is 0.0799. The zero-order valence-electron chi connectivity index (χ0n) is 17.3. The van der Waals surface area contributed by atoms with Gasteiger partial charge in [0, 0.05) is 25.0 Å². The van der Waals surface area contributed by atoms with Gasteiger partial charge in [-0.2, -0.15) is 0 Å². The number of amides is 3. The number of hydrogen-bond donors (Lipinski definition) is 0. The van der Waals surface area contributed by atoms with Crippen LogP contribution >= 0.6 is 0 Å². The van der Waals surface area contributed by atoms with E-state index in [0.29, 0.717) is 19.3 Å². The summed E-state index contributed by atoms with van der Waals surface area (Å²) in [7, 11) is -1.53. The highest BCUT2D eigenvalue weighted by molar-refractivity contribution is 7.92. The number of imide groups is 1. The topological polar surface area (TPSA) is 87.7 Å².